The second kappa shape index (κ2) is 3.07. The minimum atomic E-state index is -0.813. The molecule has 1 aliphatic heterocycles. The summed E-state index contributed by atoms with van der Waals surface area (Å²) in [4.78, 5) is 0. The van der Waals surface area contributed by atoms with Crippen molar-refractivity contribution < 1.29 is 4.39 Å². The molecule has 0 radical (unpaired) electrons. The first-order valence-corrected chi connectivity index (χ1v) is 5.21. The van der Waals surface area contributed by atoms with Crippen molar-refractivity contribution in [3.05, 3.63) is 17.5 Å². The number of hydrogen-bond acceptors (Lipinski definition) is 1. The van der Waals surface area contributed by atoms with Gasteiger partial charge in [0.1, 0.15) is 6.17 Å². The summed E-state index contributed by atoms with van der Waals surface area (Å²) < 4.78 is 15.3. The molecular weight excluding hydrogens is 179 g/mol. The van der Waals surface area contributed by atoms with Gasteiger partial charge in [0, 0.05) is 12.0 Å². The monoisotopic (exact) mass is 196 g/mol. The number of aromatic nitrogens is 2. The van der Waals surface area contributed by atoms with Gasteiger partial charge in [0.2, 0.25) is 0 Å². The van der Waals surface area contributed by atoms with Crippen molar-refractivity contribution in [1.82, 2.24) is 9.78 Å². The van der Waals surface area contributed by atoms with Crippen LogP contribution < -0.4 is 0 Å². The molecule has 0 fully saturated rings. The van der Waals surface area contributed by atoms with Gasteiger partial charge in [-0.15, -0.1) is 0 Å². The molecule has 0 saturated heterocycles. The molecular formula is C11H17FN2. The van der Waals surface area contributed by atoms with Gasteiger partial charge < -0.3 is 0 Å². The van der Waals surface area contributed by atoms with Crippen LogP contribution in [0.2, 0.25) is 0 Å². The van der Waals surface area contributed by atoms with E-state index in [0.717, 1.165) is 24.4 Å². The van der Waals surface area contributed by atoms with Crippen LogP contribution in [0.25, 0.3) is 0 Å². The molecule has 1 aromatic heterocycles. The lowest BCUT2D eigenvalue weighted by atomic mass is 9.92. The number of alkyl halides is 1. The summed E-state index contributed by atoms with van der Waals surface area (Å²) in [5, 5.41) is 4.45. The average molecular weight is 196 g/mol. The summed E-state index contributed by atoms with van der Waals surface area (Å²) in [7, 11) is 0. The van der Waals surface area contributed by atoms with Crippen molar-refractivity contribution in [1.29, 1.82) is 0 Å². The molecule has 1 aliphatic rings. The van der Waals surface area contributed by atoms with E-state index in [1.54, 1.807) is 0 Å². The van der Waals surface area contributed by atoms with Crippen LogP contribution in [0.3, 0.4) is 0 Å². The van der Waals surface area contributed by atoms with Crippen molar-refractivity contribution in [2.75, 3.05) is 0 Å². The van der Waals surface area contributed by atoms with Gasteiger partial charge in [-0.05, 0) is 18.9 Å². The molecule has 1 atom stereocenters. The van der Waals surface area contributed by atoms with Gasteiger partial charge in [-0.3, -0.25) is 4.68 Å². The first-order valence-electron chi connectivity index (χ1n) is 5.21. The Morgan fingerprint density at radius 3 is 2.79 bits per heavy atom. The lowest BCUT2D eigenvalue weighted by Crippen LogP contribution is -2.15. The number of fused-ring (bicyclic) bond motifs is 1. The van der Waals surface area contributed by atoms with Crippen molar-refractivity contribution in [3.63, 3.8) is 0 Å². The maximum absolute atomic E-state index is 13.5. The average Bonchev–Trinajstić information content (AvgIpc) is 2.48. The topological polar surface area (TPSA) is 17.8 Å². The van der Waals surface area contributed by atoms with E-state index in [1.807, 2.05) is 10.7 Å². The van der Waals surface area contributed by atoms with Crippen molar-refractivity contribution in [3.8, 4) is 0 Å². The van der Waals surface area contributed by atoms with Crippen LogP contribution in [0.15, 0.2) is 6.07 Å². The highest BCUT2D eigenvalue weighted by Crippen LogP contribution is 2.31. The molecule has 0 saturated carbocycles. The third kappa shape index (κ3) is 1.56. The maximum Gasteiger partial charge on any atom is 0.142 e. The third-order valence-corrected chi connectivity index (χ3v) is 2.73. The van der Waals surface area contributed by atoms with Crippen molar-refractivity contribution in [2.45, 2.75) is 51.7 Å². The molecule has 0 bridgehead atoms. The van der Waals surface area contributed by atoms with Crippen molar-refractivity contribution >= 4 is 0 Å². The van der Waals surface area contributed by atoms with Crippen LogP contribution in [-0.4, -0.2) is 9.78 Å². The van der Waals surface area contributed by atoms with E-state index in [-0.39, 0.29) is 5.41 Å². The van der Waals surface area contributed by atoms with Gasteiger partial charge in [0.25, 0.3) is 0 Å². The lowest BCUT2D eigenvalue weighted by Gasteiger charge is -2.16. The zero-order valence-electron chi connectivity index (χ0n) is 9.05. The Hall–Kier alpha value is -0.860. The van der Waals surface area contributed by atoms with Gasteiger partial charge in [-0.1, -0.05) is 20.8 Å². The summed E-state index contributed by atoms with van der Waals surface area (Å²) in [5.74, 6) is 0. The molecule has 3 heteroatoms. The van der Waals surface area contributed by atoms with Crippen LogP contribution in [0, 0.1) is 0 Å². The van der Waals surface area contributed by atoms with E-state index in [9.17, 15) is 4.39 Å². The van der Waals surface area contributed by atoms with Crippen LogP contribution in [0.1, 0.15) is 51.2 Å². The number of hydrogen-bond donors (Lipinski definition) is 0. The molecule has 0 aliphatic carbocycles. The molecule has 78 valence electrons. The van der Waals surface area contributed by atoms with Gasteiger partial charge in [0.05, 0.1) is 11.4 Å². The quantitative estimate of drug-likeness (QED) is 0.623. The SMILES string of the molecule is CC(C)(C)c1cc2n(n1)CCCC2F. The summed E-state index contributed by atoms with van der Waals surface area (Å²) in [6.07, 6.45) is 0.738. The highest BCUT2D eigenvalue weighted by Gasteiger charge is 2.25. The molecule has 1 unspecified atom stereocenters. The molecule has 0 aromatic carbocycles. The summed E-state index contributed by atoms with van der Waals surface area (Å²) in [6.45, 7) is 7.18. The fourth-order valence-corrected chi connectivity index (χ4v) is 1.80. The Morgan fingerprint density at radius 1 is 1.50 bits per heavy atom. The third-order valence-electron chi connectivity index (χ3n) is 2.73. The fourth-order valence-electron chi connectivity index (χ4n) is 1.80. The molecule has 2 heterocycles. The summed E-state index contributed by atoms with van der Waals surface area (Å²) in [6, 6.07) is 1.92. The lowest BCUT2D eigenvalue weighted by molar-refractivity contribution is 0.259. The number of rotatable bonds is 0. The maximum atomic E-state index is 13.5. The van der Waals surface area contributed by atoms with Gasteiger partial charge in [-0.25, -0.2) is 4.39 Å². The smallest absolute Gasteiger partial charge is 0.142 e. The number of aryl methyl sites for hydroxylation is 1. The van der Waals surface area contributed by atoms with E-state index >= 15 is 0 Å². The minimum Gasteiger partial charge on any atom is -0.266 e. The fraction of sp³-hybridized carbons (Fsp3) is 0.727. The molecule has 0 spiro atoms. The largest absolute Gasteiger partial charge is 0.266 e. The van der Waals surface area contributed by atoms with E-state index in [0.29, 0.717) is 6.42 Å². The summed E-state index contributed by atoms with van der Waals surface area (Å²) >= 11 is 0. The van der Waals surface area contributed by atoms with E-state index in [4.69, 9.17) is 0 Å². The highest BCUT2D eigenvalue weighted by atomic mass is 19.1. The van der Waals surface area contributed by atoms with Crippen LogP contribution in [0.5, 0.6) is 0 Å². The van der Waals surface area contributed by atoms with E-state index in [2.05, 4.69) is 25.9 Å². The highest BCUT2D eigenvalue weighted by molar-refractivity contribution is 5.20. The molecule has 1 aromatic rings. The Morgan fingerprint density at radius 2 is 2.21 bits per heavy atom. The molecule has 2 rings (SSSR count). The van der Waals surface area contributed by atoms with E-state index in [1.165, 1.54) is 0 Å². The first-order chi connectivity index (χ1) is 6.48. The Kier molecular flexibility index (Phi) is 2.13. The van der Waals surface area contributed by atoms with Gasteiger partial charge >= 0.3 is 0 Å². The standard InChI is InChI=1S/C11H17FN2/c1-11(2,3)10-7-9-8(12)5-4-6-14(9)13-10/h7-8H,4-6H2,1-3H3. The molecule has 0 amide bonds. The Bertz CT molecular complexity index is 336. The van der Waals surface area contributed by atoms with Crippen LogP contribution >= 0.6 is 0 Å². The molecule has 14 heavy (non-hydrogen) atoms. The van der Waals surface area contributed by atoms with Crippen molar-refractivity contribution in [2.24, 2.45) is 0 Å². The van der Waals surface area contributed by atoms with Gasteiger partial charge in [-0.2, -0.15) is 5.10 Å². The minimum absolute atomic E-state index is 0.0179. The Labute approximate surface area is 84.1 Å². The van der Waals surface area contributed by atoms with Gasteiger partial charge in [0.15, 0.2) is 0 Å². The van der Waals surface area contributed by atoms with Crippen LogP contribution in [-0.2, 0) is 12.0 Å². The number of nitrogens with zero attached hydrogens (tertiary/aromatic N) is 2. The molecule has 2 nitrogen and oxygen atoms in total. The van der Waals surface area contributed by atoms with Crippen LogP contribution in [0.4, 0.5) is 4.39 Å². The normalized spacial score (nSPS) is 22.1. The summed E-state index contributed by atoms with van der Waals surface area (Å²) in [5.41, 5.74) is 1.78. The zero-order valence-corrected chi connectivity index (χ0v) is 9.05. The molecule has 0 N–H and O–H groups in total. The zero-order chi connectivity index (χ0) is 10.3. The second-order valence-electron chi connectivity index (χ2n) is 5.04. The predicted molar refractivity (Wildman–Crippen MR) is 54.0 cm³/mol. The Balaban J connectivity index is 2.40. The number of halogens is 1. The predicted octanol–water partition coefficient (Wildman–Crippen LogP) is 2.99. The first kappa shape index (κ1) is 9.69. The van der Waals surface area contributed by atoms with E-state index < -0.39 is 6.17 Å². The second-order valence-corrected chi connectivity index (χ2v) is 5.04.